The quantitative estimate of drug-likeness (QED) is 0.835. The normalized spacial score (nSPS) is 12.6. The van der Waals surface area contributed by atoms with E-state index in [9.17, 15) is 0 Å². The summed E-state index contributed by atoms with van der Waals surface area (Å²) in [5.41, 5.74) is 6.79. The van der Waals surface area contributed by atoms with Crippen LogP contribution in [-0.2, 0) is 0 Å². The summed E-state index contributed by atoms with van der Waals surface area (Å²) in [6.07, 6.45) is 0.993. The van der Waals surface area contributed by atoms with Gasteiger partial charge in [-0.2, -0.15) is 0 Å². The lowest BCUT2D eigenvalue weighted by Crippen LogP contribution is -2.12. The van der Waals surface area contributed by atoms with Gasteiger partial charge in [-0.3, -0.25) is 0 Å². The van der Waals surface area contributed by atoms with Crippen molar-refractivity contribution < 1.29 is 4.74 Å². The summed E-state index contributed by atoms with van der Waals surface area (Å²) in [5, 5.41) is 0.729. The molecule has 0 saturated carbocycles. The van der Waals surface area contributed by atoms with E-state index < -0.39 is 0 Å². The predicted molar refractivity (Wildman–Crippen MR) is 60.1 cm³/mol. The standard InChI is InChI=1S/C11H16ClNO/c1-3-8(7-13)10-6-9(12)4-5-11(10)14-2/h4-6,8H,3,7,13H2,1-2H3. The maximum absolute atomic E-state index is 5.94. The van der Waals surface area contributed by atoms with Crippen LogP contribution in [0.25, 0.3) is 0 Å². The average Bonchev–Trinajstić information content (AvgIpc) is 2.20. The molecule has 0 aliphatic heterocycles. The molecule has 2 nitrogen and oxygen atoms in total. The van der Waals surface area contributed by atoms with Crippen LogP contribution in [0, 0.1) is 0 Å². The highest BCUT2D eigenvalue weighted by Gasteiger charge is 2.12. The summed E-state index contributed by atoms with van der Waals surface area (Å²) < 4.78 is 5.27. The molecule has 0 amide bonds. The number of hydrogen-bond donors (Lipinski definition) is 1. The first kappa shape index (κ1) is 11.3. The molecule has 2 N–H and O–H groups in total. The van der Waals surface area contributed by atoms with Gasteiger partial charge in [0, 0.05) is 5.02 Å². The van der Waals surface area contributed by atoms with Crippen molar-refractivity contribution in [1.82, 2.24) is 0 Å². The van der Waals surface area contributed by atoms with Gasteiger partial charge in [0.2, 0.25) is 0 Å². The van der Waals surface area contributed by atoms with Gasteiger partial charge in [-0.25, -0.2) is 0 Å². The molecule has 0 heterocycles. The van der Waals surface area contributed by atoms with Crippen LogP contribution >= 0.6 is 11.6 Å². The maximum atomic E-state index is 5.94. The topological polar surface area (TPSA) is 35.2 Å². The molecule has 14 heavy (non-hydrogen) atoms. The lowest BCUT2D eigenvalue weighted by molar-refractivity contribution is 0.405. The molecule has 0 radical (unpaired) electrons. The summed E-state index contributed by atoms with van der Waals surface area (Å²) in [6, 6.07) is 5.64. The molecular formula is C11H16ClNO. The fourth-order valence-corrected chi connectivity index (χ4v) is 1.72. The Morgan fingerprint density at radius 3 is 2.71 bits per heavy atom. The Kier molecular flexibility index (Phi) is 4.23. The van der Waals surface area contributed by atoms with Gasteiger partial charge in [0.1, 0.15) is 5.75 Å². The highest BCUT2D eigenvalue weighted by molar-refractivity contribution is 6.30. The molecule has 3 heteroatoms. The molecule has 1 aromatic rings. The van der Waals surface area contributed by atoms with Crippen molar-refractivity contribution in [2.75, 3.05) is 13.7 Å². The Morgan fingerprint density at radius 2 is 2.21 bits per heavy atom. The molecule has 0 fully saturated rings. The molecule has 0 saturated heterocycles. The van der Waals surface area contributed by atoms with Gasteiger partial charge >= 0.3 is 0 Å². The molecule has 1 atom stereocenters. The van der Waals surface area contributed by atoms with Gasteiger partial charge in [0.05, 0.1) is 7.11 Å². The van der Waals surface area contributed by atoms with E-state index in [4.69, 9.17) is 22.1 Å². The van der Waals surface area contributed by atoms with E-state index in [1.165, 1.54) is 0 Å². The van der Waals surface area contributed by atoms with Crippen LogP contribution in [0.1, 0.15) is 24.8 Å². The lowest BCUT2D eigenvalue weighted by atomic mass is 9.96. The van der Waals surface area contributed by atoms with E-state index >= 15 is 0 Å². The predicted octanol–water partition coefficient (Wildman–Crippen LogP) is 2.80. The first-order chi connectivity index (χ1) is 6.72. The fraction of sp³-hybridized carbons (Fsp3) is 0.455. The number of nitrogens with two attached hydrogens (primary N) is 1. The zero-order valence-electron chi connectivity index (χ0n) is 8.59. The summed E-state index contributed by atoms with van der Waals surface area (Å²) in [7, 11) is 1.66. The van der Waals surface area contributed by atoms with Crippen LogP contribution in [-0.4, -0.2) is 13.7 Å². The van der Waals surface area contributed by atoms with Crippen LogP contribution in [0.15, 0.2) is 18.2 Å². The number of benzene rings is 1. The molecule has 0 aliphatic rings. The van der Waals surface area contributed by atoms with Gasteiger partial charge in [0.25, 0.3) is 0 Å². The average molecular weight is 214 g/mol. The first-order valence-corrected chi connectivity index (χ1v) is 5.14. The van der Waals surface area contributed by atoms with Crippen LogP contribution in [0.3, 0.4) is 0 Å². The monoisotopic (exact) mass is 213 g/mol. The van der Waals surface area contributed by atoms with Gasteiger partial charge < -0.3 is 10.5 Å². The highest BCUT2D eigenvalue weighted by Crippen LogP contribution is 2.30. The van der Waals surface area contributed by atoms with Gasteiger partial charge in [0.15, 0.2) is 0 Å². The Hall–Kier alpha value is -0.730. The Balaban J connectivity index is 3.08. The largest absolute Gasteiger partial charge is 0.496 e. The van der Waals surface area contributed by atoms with E-state index in [1.807, 2.05) is 18.2 Å². The summed E-state index contributed by atoms with van der Waals surface area (Å²) in [6.45, 7) is 2.73. The third-order valence-electron chi connectivity index (χ3n) is 2.41. The van der Waals surface area contributed by atoms with Crippen molar-refractivity contribution in [3.8, 4) is 5.75 Å². The van der Waals surface area contributed by atoms with E-state index in [-0.39, 0.29) is 0 Å². The second-order valence-corrected chi connectivity index (χ2v) is 3.66. The number of methoxy groups -OCH3 is 1. The van der Waals surface area contributed by atoms with Crippen molar-refractivity contribution in [3.05, 3.63) is 28.8 Å². The Morgan fingerprint density at radius 1 is 1.50 bits per heavy atom. The van der Waals surface area contributed by atoms with Gasteiger partial charge in [-0.05, 0) is 42.6 Å². The van der Waals surface area contributed by atoms with Crippen molar-refractivity contribution >= 4 is 11.6 Å². The number of hydrogen-bond acceptors (Lipinski definition) is 2. The number of halogens is 1. The molecule has 1 rings (SSSR count). The molecule has 0 aliphatic carbocycles. The second-order valence-electron chi connectivity index (χ2n) is 3.23. The zero-order chi connectivity index (χ0) is 10.6. The molecule has 78 valence electrons. The third kappa shape index (κ3) is 2.40. The van der Waals surface area contributed by atoms with Crippen LogP contribution < -0.4 is 10.5 Å². The molecule has 0 aromatic heterocycles. The minimum absolute atomic E-state index is 0.323. The first-order valence-electron chi connectivity index (χ1n) is 4.76. The molecule has 0 spiro atoms. The van der Waals surface area contributed by atoms with Gasteiger partial charge in [-0.15, -0.1) is 0 Å². The summed E-state index contributed by atoms with van der Waals surface area (Å²) >= 11 is 5.94. The molecule has 0 bridgehead atoms. The molecule has 1 aromatic carbocycles. The summed E-state index contributed by atoms with van der Waals surface area (Å²) in [4.78, 5) is 0. The Bertz CT molecular complexity index is 297. The van der Waals surface area contributed by atoms with E-state index in [1.54, 1.807) is 7.11 Å². The molecule has 1 unspecified atom stereocenters. The Labute approximate surface area is 90.0 Å². The SMILES string of the molecule is CCC(CN)c1cc(Cl)ccc1OC. The van der Waals surface area contributed by atoms with E-state index in [2.05, 4.69) is 6.92 Å². The van der Waals surface area contributed by atoms with Crippen LogP contribution in [0.4, 0.5) is 0 Å². The van der Waals surface area contributed by atoms with Crippen LogP contribution in [0.5, 0.6) is 5.75 Å². The number of ether oxygens (including phenoxy) is 1. The van der Waals surface area contributed by atoms with Crippen molar-refractivity contribution in [1.29, 1.82) is 0 Å². The highest BCUT2D eigenvalue weighted by atomic mass is 35.5. The van der Waals surface area contributed by atoms with Crippen molar-refractivity contribution in [3.63, 3.8) is 0 Å². The lowest BCUT2D eigenvalue weighted by Gasteiger charge is -2.16. The van der Waals surface area contributed by atoms with Crippen LogP contribution in [0.2, 0.25) is 5.02 Å². The smallest absolute Gasteiger partial charge is 0.122 e. The van der Waals surface area contributed by atoms with Crippen molar-refractivity contribution in [2.24, 2.45) is 5.73 Å². The van der Waals surface area contributed by atoms with Crippen molar-refractivity contribution in [2.45, 2.75) is 19.3 Å². The summed E-state index contributed by atoms with van der Waals surface area (Å²) in [5.74, 6) is 1.19. The minimum Gasteiger partial charge on any atom is -0.496 e. The second kappa shape index (κ2) is 5.23. The third-order valence-corrected chi connectivity index (χ3v) is 2.64. The zero-order valence-corrected chi connectivity index (χ0v) is 9.34. The van der Waals surface area contributed by atoms with E-state index in [0.717, 1.165) is 22.8 Å². The number of rotatable bonds is 4. The fourth-order valence-electron chi connectivity index (χ4n) is 1.54. The molecular weight excluding hydrogens is 198 g/mol. The van der Waals surface area contributed by atoms with Gasteiger partial charge in [-0.1, -0.05) is 18.5 Å². The minimum atomic E-state index is 0.323. The van der Waals surface area contributed by atoms with E-state index in [0.29, 0.717) is 12.5 Å². The maximum Gasteiger partial charge on any atom is 0.122 e.